The summed E-state index contributed by atoms with van der Waals surface area (Å²) in [6, 6.07) is 3.66. The molecule has 0 saturated heterocycles. The van der Waals surface area contributed by atoms with Crippen LogP contribution in [0.4, 0.5) is 0 Å². The van der Waals surface area contributed by atoms with Crippen molar-refractivity contribution >= 4 is 20.9 Å². The van der Waals surface area contributed by atoms with Gasteiger partial charge in [0.2, 0.25) is 5.89 Å². The van der Waals surface area contributed by atoms with Gasteiger partial charge in [0.05, 0.1) is 11.0 Å². The van der Waals surface area contributed by atoms with E-state index in [-0.39, 0.29) is 10.8 Å². The van der Waals surface area contributed by atoms with Gasteiger partial charge in [-0.25, -0.2) is 13.4 Å². The highest BCUT2D eigenvalue weighted by atomic mass is 32.2. The average molecular weight is 270 g/mol. The third kappa shape index (κ3) is 2.38. The summed E-state index contributed by atoms with van der Waals surface area (Å²) < 4.78 is 28.2. The second kappa shape index (κ2) is 4.34. The summed E-state index contributed by atoms with van der Waals surface area (Å²) in [5.41, 5.74) is 6.55. The average Bonchev–Trinajstić information content (AvgIpc) is 2.68. The molecule has 2 rings (SSSR count). The van der Waals surface area contributed by atoms with Crippen molar-refractivity contribution in [2.45, 2.75) is 24.0 Å². The summed E-state index contributed by atoms with van der Waals surface area (Å²) in [4.78, 5) is 4.26. The van der Waals surface area contributed by atoms with Gasteiger partial charge in [-0.1, -0.05) is 0 Å². The van der Waals surface area contributed by atoms with Crippen LogP contribution in [0.1, 0.15) is 18.9 Å². The normalized spacial score (nSPS) is 15.8. The first-order valence-electron chi connectivity index (χ1n) is 5.33. The van der Waals surface area contributed by atoms with Crippen molar-refractivity contribution in [3.8, 4) is 0 Å². The van der Waals surface area contributed by atoms with Gasteiger partial charge in [0.25, 0.3) is 0 Å². The summed E-state index contributed by atoms with van der Waals surface area (Å²) in [6.45, 7) is 1.53. The van der Waals surface area contributed by atoms with Gasteiger partial charge in [-0.3, -0.25) is 0 Å². The molecule has 6 nitrogen and oxygen atoms in total. The summed E-state index contributed by atoms with van der Waals surface area (Å²) in [6.07, 6.45) is 0.323. The molecule has 1 heterocycles. The zero-order chi connectivity index (χ0) is 13.5. The topological polar surface area (TPSA) is 106 Å². The lowest BCUT2D eigenvalue weighted by molar-refractivity contribution is 0.152. The van der Waals surface area contributed by atoms with E-state index in [2.05, 4.69) is 4.98 Å². The van der Waals surface area contributed by atoms with Crippen LogP contribution in [0.5, 0.6) is 0 Å². The second-order valence-corrected chi connectivity index (χ2v) is 6.24. The monoisotopic (exact) mass is 270 g/mol. The number of nitrogens with zero attached hydrogens (tertiary/aromatic N) is 1. The minimum absolute atomic E-state index is 0.167. The zero-order valence-corrected chi connectivity index (χ0v) is 10.8. The highest BCUT2D eigenvalue weighted by Gasteiger charge is 2.19. The number of nitrogens with two attached hydrogens (primary N) is 1. The van der Waals surface area contributed by atoms with E-state index in [9.17, 15) is 13.5 Å². The zero-order valence-electron chi connectivity index (χ0n) is 9.99. The summed E-state index contributed by atoms with van der Waals surface area (Å²) in [7, 11) is -3.28. The molecule has 1 aromatic heterocycles. The highest BCUT2D eigenvalue weighted by Crippen LogP contribution is 2.23. The quantitative estimate of drug-likeness (QED) is 0.846. The molecule has 2 aromatic rings. The summed E-state index contributed by atoms with van der Waals surface area (Å²) >= 11 is 0. The van der Waals surface area contributed by atoms with Gasteiger partial charge >= 0.3 is 0 Å². The molecule has 7 heteroatoms. The molecular formula is C11H14N2O4S. The van der Waals surface area contributed by atoms with E-state index in [0.717, 1.165) is 6.26 Å². The van der Waals surface area contributed by atoms with Gasteiger partial charge in [0.15, 0.2) is 15.4 Å². The number of aliphatic hydroxyl groups is 1. The van der Waals surface area contributed by atoms with E-state index < -0.39 is 22.0 Å². The Labute approximate surface area is 104 Å². The van der Waals surface area contributed by atoms with E-state index in [4.69, 9.17) is 10.2 Å². The highest BCUT2D eigenvalue weighted by molar-refractivity contribution is 7.90. The van der Waals surface area contributed by atoms with Crippen molar-refractivity contribution in [3.63, 3.8) is 0 Å². The van der Waals surface area contributed by atoms with Crippen LogP contribution in [0.15, 0.2) is 27.5 Å². The van der Waals surface area contributed by atoms with Crippen molar-refractivity contribution in [2.75, 3.05) is 6.26 Å². The first kappa shape index (κ1) is 13.0. The molecule has 2 atom stereocenters. The molecule has 0 aliphatic carbocycles. The van der Waals surface area contributed by atoms with Crippen LogP contribution in [0, 0.1) is 0 Å². The molecule has 0 saturated carbocycles. The number of hydrogen-bond donors (Lipinski definition) is 2. The van der Waals surface area contributed by atoms with Gasteiger partial charge < -0.3 is 15.3 Å². The first-order chi connectivity index (χ1) is 8.29. The van der Waals surface area contributed by atoms with Crippen molar-refractivity contribution < 1.29 is 17.9 Å². The van der Waals surface area contributed by atoms with Crippen molar-refractivity contribution in [1.29, 1.82) is 0 Å². The van der Waals surface area contributed by atoms with E-state index in [1.807, 2.05) is 0 Å². The Morgan fingerprint density at radius 1 is 1.44 bits per heavy atom. The Bertz CT molecular complexity index is 675. The van der Waals surface area contributed by atoms with Gasteiger partial charge in [0.1, 0.15) is 11.6 Å². The van der Waals surface area contributed by atoms with Crippen LogP contribution in [-0.4, -0.2) is 30.9 Å². The van der Waals surface area contributed by atoms with Crippen LogP contribution in [0.2, 0.25) is 0 Å². The Hall–Kier alpha value is -1.44. The molecule has 0 aliphatic rings. The molecule has 0 radical (unpaired) electrons. The minimum atomic E-state index is -3.28. The van der Waals surface area contributed by atoms with E-state index in [0.29, 0.717) is 11.1 Å². The summed E-state index contributed by atoms with van der Waals surface area (Å²) in [5, 5.41) is 9.36. The standard InChI is InChI=1S/C11H14N2O4S/c1-6(14)10(12)11-13-8-5-7(18(2,15)16)3-4-9(8)17-11/h3-6,10,14H,12H2,1-2H3. The van der Waals surface area contributed by atoms with E-state index in [1.54, 1.807) is 0 Å². The maximum Gasteiger partial charge on any atom is 0.215 e. The molecule has 3 N–H and O–H groups in total. The van der Waals surface area contributed by atoms with Gasteiger partial charge in [-0.15, -0.1) is 0 Å². The predicted octanol–water partition coefficient (Wildman–Crippen LogP) is 0.612. The number of oxazole rings is 1. The molecule has 2 unspecified atom stereocenters. The lowest BCUT2D eigenvalue weighted by atomic mass is 10.2. The number of aliphatic hydroxyl groups excluding tert-OH is 1. The molecule has 0 fully saturated rings. The maximum absolute atomic E-state index is 11.4. The summed E-state index contributed by atoms with van der Waals surface area (Å²) in [5.74, 6) is 0.186. The van der Waals surface area contributed by atoms with Crippen LogP contribution in [0.3, 0.4) is 0 Å². The molecule has 0 bridgehead atoms. The van der Waals surface area contributed by atoms with Crippen LogP contribution in [0.25, 0.3) is 11.1 Å². The lowest BCUT2D eigenvalue weighted by Gasteiger charge is -2.09. The Morgan fingerprint density at radius 2 is 2.11 bits per heavy atom. The predicted molar refractivity (Wildman–Crippen MR) is 65.7 cm³/mol. The Kier molecular flexibility index (Phi) is 3.14. The van der Waals surface area contributed by atoms with Crippen LogP contribution >= 0.6 is 0 Å². The lowest BCUT2D eigenvalue weighted by Crippen LogP contribution is -2.23. The van der Waals surface area contributed by atoms with Crippen LogP contribution < -0.4 is 5.73 Å². The van der Waals surface area contributed by atoms with Crippen molar-refractivity contribution in [3.05, 3.63) is 24.1 Å². The molecule has 98 valence electrons. The number of aromatic nitrogens is 1. The van der Waals surface area contributed by atoms with Gasteiger partial charge in [-0.05, 0) is 25.1 Å². The Morgan fingerprint density at radius 3 is 2.67 bits per heavy atom. The molecule has 1 aromatic carbocycles. The van der Waals surface area contributed by atoms with Gasteiger partial charge in [-0.2, -0.15) is 0 Å². The van der Waals surface area contributed by atoms with E-state index >= 15 is 0 Å². The van der Waals surface area contributed by atoms with Crippen molar-refractivity contribution in [1.82, 2.24) is 4.98 Å². The number of sulfone groups is 1. The van der Waals surface area contributed by atoms with Gasteiger partial charge in [0, 0.05) is 6.26 Å². The Balaban J connectivity index is 2.53. The number of rotatable bonds is 3. The fraction of sp³-hybridized carbons (Fsp3) is 0.364. The molecule has 0 spiro atoms. The number of hydrogen-bond acceptors (Lipinski definition) is 6. The molecule has 0 aliphatic heterocycles. The number of fused-ring (bicyclic) bond motifs is 1. The molecular weight excluding hydrogens is 256 g/mol. The van der Waals surface area contributed by atoms with Crippen LogP contribution in [-0.2, 0) is 9.84 Å². The van der Waals surface area contributed by atoms with Crippen molar-refractivity contribution in [2.24, 2.45) is 5.73 Å². The molecule has 0 amide bonds. The third-order valence-corrected chi connectivity index (χ3v) is 3.72. The third-order valence-electron chi connectivity index (χ3n) is 2.61. The maximum atomic E-state index is 11.4. The largest absolute Gasteiger partial charge is 0.439 e. The minimum Gasteiger partial charge on any atom is -0.439 e. The van der Waals surface area contributed by atoms with E-state index in [1.165, 1.54) is 25.1 Å². The molecule has 18 heavy (non-hydrogen) atoms. The number of benzene rings is 1. The fourth-order valence-electron chi connectivity index (χ4n) is 1.50. The smallest absolute Gasteiger partial charge is 0.215 e. The SMILES string of the molecule is CC(O)C(N)c1nc2cc(S(C)(=O)=O)ccc2o1. The first-order valence-corrected chi connectivity index (χ1v) is 7.22. The second-order valence-electron chi connectivity index (χ2n) is 4.22. The fourth-order valence-corrected chi connectivity index (χ4v) is 2.15.